The summed E-state index contributed by atoms with van der Waals surface area (Å²) in [6.07, 6.45) is 4.63. The van der Waals surface area contributed by atoms with E-state index in [0.717, 1.165) is 68.4 Å². The number of carbonyl (C=O) groups is 2. The van der Waals surface area contributed by atoms with Crippen LogP contribution in [0.4, 0.5) is 5.69 Å². The first-order valence-corrected chi connectivity index (χ1v) is 14.2. The maximum atomic E-state index is 13.7. The summed E-state index contributed by atoms with van der Waals surface area (Å²) in [4.78, 5) is 31.2. The minimum atomic E-state index is -0.0901. The first kappa shape index (κ1) is 26.9. The number of benzene rings is 3. The van der Waals surface area contributed by atoms with Gasteiger partial charge in [0, 0.05) is 49.0 Å². The Morgan fingerprint density at radius 1 is 0.872 bits per heavy atom. The van der Waals surface area contributed by atoms with Crippen LogP contribution in [0.2, 0.25) is 0 Å². The SMILES string of the molecule is Cc1cc(C)cc(C(=O)N2CC[C@@H](N3CCC(NC(=O)c4ccccc4N)CC3)C[C@H]2Cc2ccccc2)c1. The Morgan fingerprint density at radius 2 is 1.54 bits per heavy atom. The predicted molar refractivity (Wildman–Crippen MR) is 157 cm³/mol. The van der Waals surface area contributed by atoms with Crippen molar-refractivity contribution in [1.82, 2.24) is 15.1 Å². The monoisotopic (exact) mass is 524 g/mol. The molecule has 2 amide bonds. The van der Waals surface area contributed by atoms with E-state index in [4.69, 9.17) is 5.73 Å². The van der Waals surface area contributed by atoms with Crippen molar-refractivity contribution in [3.8, 4) is 0 Å². The van der Waals surface area contributed by atoms with Gasteiger partial charge >= 0.3 is 0 Å². The van der Waals surface area contributed by atoms with E-state index >= 15 is 0 Å². The third-order valence-corrected chi connectivity index (χ3v) is 8.32. The number of anilines is 1. The standard InChI is InChI=1S/C33H40N4O2/c1-23-18-24(2)20-26(19-23)33(39)37-17-14-28(22-29(37)21-25-8-4-3-5-9-25)36-15-12-27(13-16-36)35-32(38)30-10-6-7-11-31(30)34/h3-11,18-20,27-29H,12-17,21-22,34H2,1-2H3,(H,35,38)/t28-,29-/m1/s1. The predicted octanol–water partition coefficient (Wildman–Crippen LogP) is 5.00. The molecule has 2 fully saturated rings. The van der Waals surface area contributed by atoms with E-state index in [9.17, 15) is 9.59 Å². The zero-order valence-corrected chi connectivity index (χ0v) is 23.1. The van der Waals surface area contributed by atoms with Gasteiger partial charge in [0.15, 0.2) is 0 Å². The molecule has 2 aliphatic heterocycles. The Bertz CT molecular complexity index is 1280. The molecule has 0 radical (unpaired) electrons. The van der Waals surface area contributed by atoms with Crippen LogP contribution in [-0.2, 0) is 6.42 Å². The van der Waals surface area contributed by atoms with Crippen LogP contribution in [0, 0.1) is 13.8 Å². The van der Waals surface area contributed by atoms with Crippen LogP contribution in [0.1, 0.15) is 63.1 Å². The molecule has 2 atom stereocenters. The summed E-state index contributed by atoms with van der Waals surface area (Å²) in [7, 11) is 0. The fourth-order valence-corrected chi connectivity index (χ4v) is 6.35. The highest BCUT2D eigenvalue weighted by molar-refractivity contribution is 5.99. The van der Waals surface area contributed by atoms with Gasteiger partial charge in [0.2, 0.25) is 0 Å². The number of para-hydroxylation sites is 1. The van der Waals surface area contributed by atoms with Crippen molar-refractivity contribution in [3.63, 3.8) is 0 Å². The molecule has 3 N–H and O–H groups in total. The molecule has 39 heavy (non-hydrogen) atoms. The highest BCUT2D eigenvalue weighted by Crippen LogP contribution is 2.29. The van der Waals surface area contributed by atoms with Gasteiger partial charge in [0.25, 0.3) is 11.8 Å². The number of nitrogens with zero attached hydrogens (tertiary/aromatic N) is 2. The van der Waals surface area contributed by atoms with Crippen molar-refractivity contribution >= 4 is 17.5 Å². The summed E-state index contributed by atoms with van der Waals surface area (Å²) in [5.41, 5.74) is 11.4. The van der Waals surface area contributed by atoms with Crippen LogP contribution < -0.4 is 11.1 Å². The van der Waals surface area contributed by atoms with Crippen LogP contribution in [-0.4, -0.2) is 59.4 Å². The van der Waals surface area contributed by atoms with Gasteiger partial charge in [0.05, 0.1) is 5.56 Å². The molecule has 0 aromatic heterocycles. The number of nitrogens with one attached hydrogen (secondary N) is 1. The summed E-state index contributed by atoms with van der Waals surface area (Å²) in [6, 6.07) is 24.6. The summed E-state index contributed by atoms with van der Waals surface area (Å²) in [5.74, 6) is 0.0514. The number of likely N-dealkylation sites (tertiary alicyclic amines) is 2. The van der Waals surface area contributed by atoms with Crippen molar-refractivity contribution in [3.05, 3.63) is 101 Å². The largest absolute Gasteiger partial charge is 0.398 e. The number of aryl methyl sites for hydroxylation is 2. The van der Waals surface area contributed by atoms with Gasteiger partial charge in [0.1, 0.15) is 0 Å². The fraction of sp³-hybridized carbons (Fsp3) is 0.394. The van der Waals surface area contributed by atoms with Crippen molar-refractivity contribution in [1.29, 1.82) is 0 Å². The number of nitrogens with two attached hydrogens (primary N) is 1. The molecule has 2 saturated heterocycles. The van der Waals surface area contributed by atoms with E-state index in [2.05, 4.69) is 59.3 Å². The van der Waals surface area contributed by atoms with Crippen LogP contribution in [0.3, 0.4) is 0 Å². The van der Waals surface area contributed by atoms with E-state index in [1.807, 2.05) is 30.3 Å². The lowest BCUT2D eigenvalue weighted by Gasteiger charge is -2.45. The molecule has 2 heterocycles. The Labute approximate surface area is 232 Å². The molecule has 0 aliphatic carbocycles. The van der Waals surface area contributed by atoms with E-state index in [0.29, 0.717) is 17.3 Å². The highest BCUT2D eigenvalue weighted by Gasteiger charge is 2.36. The zero-order chi connectivity index (χ0) is 27.4. The third-order valence-electron chi connectivity index (χ3n) is 8.32. The summed E-state index contributed by atoms with van der Waals surface area (Å²) >= 11 is 0. The number of rotatable bonds is 6. The maximum absolute atomic E-state index is 13.7. The molecule has 3 aromatic rings. The summed E-state index contributed by atoms with van der Waals surface area (Å²) in [6.45, 7) is 6.76. The normalized spacial score (nSPS) is 20.5. The van der Waals surface area contributed by atoms with Crippen LogP contribution in [0.15, 0.2) is 72.8 Å². The first-order chi connectivity index (χ1) is 18.9. The van der Waals surface area contributed by atoms with Gasteiger partial charge in [-0.3, -0.25) is 9.59 Å². The van der Waals surface area contributed by atoms with Gasteiger partial charge in [-0.15, -0.1) is 0 Å². The molecular weight excluding hydrogens is 484 g/mol. The van der Waals surface area contributed by atoms with Gasteiger partial charge in [-0.2, -0.15) is 0 Å². The quantitative estimate of drug-likeness (QED) is 0.445. The molecule has 0 bridgehead atoms. The molecule has 3 aromatic carbocycles. The molecule has 6 nitrogen and oxygen atoms in total. The molecule has 0 saturated carbocycles. The topological polar surface area (TPSA) is 78.7 Å². The Morgan fingerprint density at radius 3 is 2.23 bits per heavy atom. The van der Waals surface area contributed by atoms with Crippen LogP contribution in [0.5, 0.6) is 0 Å². The van der Waals surface area contributed by atoms with E-state index < -0.39 is 0 Å². The number of amides is 2. The van der Waals surface area contributed by atoms with Crippen molar-refractivity contribution in [2.24, 2.45) is 0 Å². The van der Waals surface area contributed by atoms with Crippen molar-refractivity contribution < 1.29 is 9.59 Å². The minimum absolute atomic E-state index is 0.0901. The second kappa shape index (κ2) is 12.0. The van der Waals surface area contributed by atoms with Crippen LogP contribution in [0.25, 0.3) is 0 Å². The first-order valence-electron chi connectivity index (χ1n) is 14.2. The average Bonchev–Trinajstić information content (AvgIpc) is 2.93. The zero-order valence-electron chi connectivity index (χ0n) is 23.1. The molecule has 204 valence electrons. The fourth-order valence-electron chi connectivity index (χ4n) is 6.35. The van der Waals surface area contributed by atoms with Crippen LogP contribution >= 0.6 is 0 Å². The number of hydrogen-bond donors (Lipinski definition) is 2. The highest BCUT2D eigenvalue weighted by atomic mass is 16.2. The number of carbonyl (C=O) groups excluding carboxylic acids is 2. The molecule has 5 rings (SSSR count). The summed E-state index contributed by atoms with van der Waals surface area (Å²) < 4.78 is 0. The van der Waals surface area contributed by atoms with Gasteiger partial charge in [-0.05, 0) is 75.8 Å². The summed E-state index contributed by atoms with van der Waals surface area (Å²) in [5, 5.41) is 3.19. The molecule has 0 spiro atoms. The molecule has 0 unspecified atom stereocenters. The van der Waals surface area contributed by atoms with Gasteiger partial charge < -0.3 is 20.9 Å². The average molecular weight is 525 g/mol. The Balaban J connectivity index is 1.24. The lowest BCUT2D eigenvalue weighted by molar-refractivity contribution is 0.0373. The lowest BCUT2D eigenvalue weighted by Crippen LogP contribution is -2.55. The number of piperidine rings is 2. The van der Waals surface area contributed by atoms with Crippen molar-refractivity contribution in [2.45, 2.75) is 64.1 Å². The smallest absolute Gasteiger partial charge is 0.254 e. The molecule has 2 aliphatic rings. The second-order valence-corrected chi connectivity index (χ2v) is 11.3. The van der Waals surface area contributed by atoms with Gasteiger partial charge in [-0.1, -0.05) is 59.7 Å². The third kappa shape index (κ3) is 6.51. The Hall–Kier alpha value is -3.64. The number of nitrogen functional groups attached to an aromatic ring is 1. The lowest BCUT2D eigenvalue weighted by atomic mass is 9.89. The second-order valence-electron chi connectivity index (χ2n) is 11.3. The maximum Gasteiger partial charge on any atom is 0.254 e. The number of hydrogen-bond acceptors (Lipinski definition) is 4. The molecular formula is C33H40N4O2. The van der Waals surface area contributed by atoms with Crippen molar-refractivity contribution in [2.75, 3.05) is 25.4 Å². The van der Waals surface area contributed by atoms with E-state index in [1.165, 1.54) is 5.56 Å². The van der Waals surface area contributed by atoms with Gasteiger partial charge in [-0.25, -0.2) is 0 Å². The molecule has 6 heteroatoms. The van der Waals surface area contributed by atoms with E-state index in [-0.39, 0.29) is 23.9 Å². The minimum Gasteiger partial charge on any atom is -0.398 e. The Kier molecular flexibility index (Phi) is 8.32. The van der Waals surface area contributed by atoms with E-state index in [1.54, 1.807) is 12.1 Å².